The maximum Gasteiger partial charge on any atom is 0.344 e. The number of aromatic nitrogens is 1. The normalized spacial score (nSPS) is 11.9. The second kappa shape index (κ2) is 7.74. The zero-order valence-corrected chi connectivity index (χ0v) is 18.5. The lowest BCUT2D eigenvalue weighted by atomic mass is 9.80. The molecule has 1 aliphatic rings. The van der Waals surface area contributed by atoms with Crippen molar-refractivity contribution >= 4 is 34.0 Å². The fraction of sp³-hybridized carbons (Fsp3) is 0.148. The fourth-order valence-electron chi connectivity index (χ4n) is 4.47. The second-order valence-electron chi connectivity index (χ2n) is 8.16. The molecule has 0 aliphatic heterocycles. The number of rotatable bonds is 4. The average Bonchev–Trinajstić information content (AvgIpc) is 2.80. The summed E-state index contributed by atoms with van der Waals surface area (Å²) in [6.07, 6.45) is 0. The molecule has 2 N–H and O–H groups in total. The molecule has 5 rings (SSSR count). The van der Waals surface area contributed by atoms with Gasteiger partial charge in [-0.3, -0.25) is 9.59 Å². The predicted molar refractivity (Wildman–Crippen MR) is 129 cm³/mol. The van der Waals surface area contributed by atoms with Crippen molar-refractivity contribution in [2.24, 2.45) is 0 Å². The van der Waals surface area contributed by atoms with Crippen LogP contribution in [0.25, 0.3) is 22.0 Å². The van der Waals surface area contributed by atoms with Crippen molar-refractivity contribution in [1.82, 2.24) is 4.98 Å². The molecule has 1 heterocycles. The monoisotopic (exact) mass is 438 g/mol. The number of H-pyrrole nitrogens is 1. The van der Waals surface area contributed by atoms with E-state index in [-0.39, 0.29) is 18.0 Å². The molecule has 1 aromatic heterocycles. The minimum Gasteiger partial charge on any atom is -0.462 e. The molecular formula is C27H22N2O4. The first-order valence-electron chi connectivity index (χ1n) is 10.8. The summed E-state index contributed by atoms with van der Waals surface area (Å²) in [5, 5.41) is 3.92. The number of ketones is 1. The Labute approximate surface area is 190 Å². The van der Waals surface area contributed by atoms with E-state index >= 15 is 0 Å². The van der Waals surface area contributed by atoms with Gasteiger partial charge in [0.25, 0.3) is 5.56 Å². The lowest BCUT2D eigenvalue weighted by Crippen LogP contribution is -2.25. The van der Waals surface area contributed by atoms with E-state index in [1.807, 2.05) is 44.2 Å². The third kappa shape index (κ3) is 3.22. The molecule has 0 fully saturated rings. The van der Waals surface area contributed by atoms with E-state index in [0.29, 0.717) is 38.8 Å². The first kappa shape index (κ1) is 20.7. The maximum atomic E-state index is 13.7. The Morgan fingerprint density at radius 2 is 1.67 bits per heavy atom. The van der Waals surface area contributed by atoms with Gasteiger partial charge >= 0.3 is 5.97 Å². The Kier molecular flexibility index (Phi) is 4.86. The zero-order chi connectivity index (χ0) is 23.3. The van der Waals surface area contributed by atoms with Gasteiger partial charge in [-0.25, -0.2) is 4.79 Å². The molecule has 6 nitrogen and oxygen atoms in total. The van der Waals surface area contributed by atoms with E-state index in [0.717, 1.165) is 16.8 Å². The molecule has 0 radical (unpaired) electrons. The molecule has 0 atom stereocenters. The summed E-state index contributed by atoms with van der Waals surface area (Å²) >= 11 is 0. The number of anilines is 2. The number of ether oxygens (including phenoxy) is 1. The number of benzene rings is 3. The van der Waals surface area contributed by atoms with Gasteiger partial charge in [0.1, 0.15) is 5.56 Å². The summed E-state index contributed by atoms with van der Waals surface area (Å²) < 4.78 is 5.21. The van der Waals surface area contributed by atoms with Crippen molar-refractivity contribution in [3.8, 4) is 11.1 Å². The van der Waals surface area contributed by atoms with E-state index in [9.17, 15) is 14.4 Å². The van der Waals surface area contributed by atoms with Crippen LogP contribution in [0.2, 0.25) is 0 Å². The molecule has 0 saturated carbocycles. The van der Waals surface area contributed by atoms with Gasteiger partial charge in [0.2, 0.25) is 0 Å². The molecule has 0 spiro atoms. The molecular weight excluding hydrogens is 416 g/mol. The maximum absolute atomic E-state index is 13.7. The summed E-state index contributed by atoms with van der Waals surface area (Å²) in [6.45, 7) is 5.70. The van der Waals surface area contributed by atoms with Crippen LogP contribution in [-0.4, -0.2) is 23.3 Å². The van der Waals surface area contributed by atoms with Crippen LogP contribution >= 0.6 is 0 Å². The minimum atomic E-state index is -0.708. The highest BCUT2D eigenvalue weighted by molar-refractivity contribution is 6.30. The number of pyridine rings is 1. The summed E-state index contributed by atoms with van der Waals surface area (Å²) in [5.74, 6) is -0.875. The van der Waals surface area contributed by atoms with Gasteiger partial charge in [-0.15, -0.1) is 0 Å². The Morgan fingerprint density at radius 3 is 2.36 bits per heavy atom. The quantitative estimate of drug-likeness (QED) is 0.373. The van der Waals surface area contributed by atoms with Crippen molar-refractivity contribution < 1.29 is 14.3 Å². The second-order valence-corrected chi connectivity index (χ2v) is 8.16. The molecule has 4 aromatic rings. The third-order valence-corrected chi connectivity index (χ3v) is 5.97. The topological polar surface area (TPSA) is 88.3 Å². The van der Waals surface area contributed by atoms with E-state index in [1.165, 1.54) is 0 Å². The molecule has 6 heteroatoms. The Hall–Kier alpha value is -4.19. The van der Waals surface area contributed by atoms with Gasteiger partial charge in [-0.2, -0.15) is 0 Å². The highest BCUT2D eigenvalue weighted by Crippen LogP contribution is 2.44. The number of carbonyl (C=O) groups excluding carboxylic acids is 2. The van der Waals surface area contributed by atoms with Crippen LogP contribution < -0.4 is 10.9 Å². The van der Waals surface area contributed by atoms with Crippen LogP contribution in [0.1, 0.15) is 44.3 Å². The molecule has 0 bridgehead atoms. The first-order chi connectivity index (χ1) is 15.9. The van der Waals surface area contributed by atoms with Crippen LogP contribution in [0.3, 0.4) is 0 Å². The average molecular weight is 438 g/mol. The number of hydrogen-bond donors (Lipinski definition) is 2. The van der Waals surface area contributed by atoms with Crippen LogP contribution in [0, 0.1) is 13.8 Å². The molecule has 164 valence electrons. The molecule has 3 aromatic carbocycles. The highest BCUT2D eigenvalue weighted by atomic mass is 16.5. The van der Waals surface area contributed by atoms with Crippen LogP contribution in [0.5, 0.6) is 0 Å². The van der Waals surface area contributed by atoms with Gasteiger partial charge in [-0.1, -0.05) is 42.0 Å². The van der Waals surface area contributed by atoms with Crippen LogP contribution in [0.15, 0.2) is 59.4 Å². The van der Waals surface area contributed by atoms with Crippen molar-refractivity contribution in [2.75, 3.05) is 11.9 Å². The molecule has 0 unspecified atom stereocenters. The lowest BCUT2D eigenvalue weighted by molar-refractivity contribution is 0.0525. The summed E-state index contributed by atoms with van der Waals surface area (Å²) in [5.41, 5.74) is 5.13. The number of fused-ring (bicyclic) bond motifs is 2. The lowest BCUT2D eigenvalue weighted by Gasteiger charge is -2.25. The van der Waals surface area contributed by atoms with Gasteiger partial charge in [0.05, 0.1) is 23.4 Å². The largest absolute Gasteiger partial charge is 0.462 e. The van der Waals surface area contributed by atoms with E-state index in [2.05, 4.69) is 10.3 Å². The SMILES string of the molecule is CCOC(=O)c1c2c3c(c(Nc4ccc(C)cc4)cc(C)c3[nH]c1=O)C(=O)c1ccccc1-2. The first-order valence-corrected chi connectivity index (χ1v) is 10.8. The zero-order valence-electron chi connectivity index (χ0n) is 18.5. The number of carbonyl (C=O) groups is 2. The highest BCUT2D eigenvalue weighted by Gasteiger charge is 2.33. The molecule has 33 heavy (non-hydrogen) atoms. The standard InChI is InChI=1S/C27H22N2O4/c1-4-33-27(32)23-20-17-7-5-6-8-18(17)25(30)21-19(28-16-11-9-14(2)10-12-16)13-15(3)24(22(20)21)29-26(23)31/h5-13,28H,4H2,1-3H3,(H,29,31). The number of aromatic amines is 1. The smallest absolute Gasteiger partial charge is 0.344 e. The van der Waals surface area contributed by atoms with E-state index < -0.39 is 11.5 Å². The third-order valence-electron chi connectivity index (χ3n) is 5.97. The number of hydrogen-bond acceptors (Lipinski definition) is 5. The Morgan fingerprint density at radius 1 is 0.970 bits per heavy atom. The Balaban J connectivity index is 1.90. The fourth-order valence-corrected chi connectivity index (χ4v) is 4.47. The van der Waals surface area contributed by atoms with Crippen molar-refractivity contribution in [2.45, 2.75) is 20.8 Å². The summed E-state index contributed by atoms with van der Waals surface area (Å²) in [4.78, 5) is 42.5. The van der Waals surface area contributed by atoms with Crippen molar-refractivity contribution in [1.29, 1.82) is 0 Å². The minimum absolute atomic E-state index is 0.0857. The van der Waals surface area contributed by atoms with E-state index in [4.69, 9.17) is 4.74 Å². The Bertz CT molecular complexity index is 1510. The van der Waals surface area contributed by atoms with Gasteiger partial charge in [0, 0.05) is 22.2 Å². The van der Waals surface area contributed by atoms with Crippen LogP contribution in [0.4, 0.5) is 11.4 Å². The molecule has 0 amide bonds. The van der Waals surface area contributed by atoms with Gasteiger partial charge < -0.3 is 15.0 Å². The predicted octanol–water partition coefficient (Wildman–Crippen LogP) is 5.28. The van der Waals surface area contributed by atoms with Crippen molar-refractivity contribution in [3.63, 3.8) is 0 Å². The van der Waals surface area contributed by atoms with Crippen molar-refractivity contribution in [3.05, 3.63) is 92.8 Å². The summed E-state index contributed by atoms with van der Waals surface area (Å²) in [7, 11) is 0. The van der Waals surface area contributed by atoms with E-state index in [1.54, 1.807) is 31.2 Å². The number of esters is 1. The van der Waals surface area contributed by atoms with Crippen LogP contribution in [-0.2, 0) is 4.74 Å². The number of nitrogens with one attached hydrogen (secondary N) is 2. The molecule has 0 saturated heterocycles. The summed E-state index contributed by atoms with van der Waals surface area (Å²) in [6, 6.07) is 16.8. The number of aryl methyl sites for hydroxylation is 2. The van der Waals surface area contributed by atoms with Gasteiger partial charge in [-0.05, 0) is 50.1 Å². The van der Waals surface area contributed by atoms with Gasteiger partial charge in [0.15, 0.2) is 5.78 Å². The molecule has 1 aliphatic carbocycles.